The zero-order valence-electron chi connectivity index (χ0n) is 14.3. The Morgan fingerprint density at radius 2 is 1.87 bits per heavy atom. The number of amidine groups is 1. The van der Waals surface area contributed by atoms with Crippen LogP contribution in [0.15, 0.2) is 18.2 Å². The van der Waals surface area contributed by atoms with E-state index in [4.69, 9.17) is 11.1 Å². The number of hydrogen-bond acceptors (Lipinski definition) is 2. The number of ketones is 1. The lowest BCUT2D eigenvalue weighted by atomic mass is 9.81. The second kappa shape index (κ2) is 8.49. The largest absolute Gasteiger partial charge is 0.384 e. The van der Waals surface area contributed by atoms with Gasteiger partial charge in [0.2, 0.25) is 0 Å². The fourth-order valence-electron chi connectivity index (χ4n) is 3.43. The third-order valence-corrected chi connectivity index (χ3v) is 4.88. The molecule has 1 aliphatic carbocycles. The molecule has 1 unspecified atom stereocenters. The summed E-state index contributed by atoms with van der Waals surface area (Å²) in [4.78, 5) is 12.7. The molecule has 23 heavy (non-hydrogen) atoms. The summed E-state index contributed by atoms with van der Waals surface area (Å²) >= 11 is 0. The van der Waals surface area contributed by atoms with Crippen molar-refractivity contribution in [2.75, 3.05) is 0 Å². The highest BCUT2D eigenvalue weighted by Crippen LogP contribution is 2.40. The summed E-state index contributed by atoms with van der Waals surface area (Å²) in [6.45, 7) is 4.32. The van der Waals surface area contributed by atoms with Crippen molar-refractivity contribution in [2.45, 2.75) is 65.2 Å². The molecule has 0 saturated carbocycles. The lowest BCUT2D eigenvalue weighted by Gasteiger charge is -2.21. The van der Waals surface area contributed by atoms with Gasteiger partial charge in [-0.3, -0.25) is 10.2 Å². The maximum atomic E-state index is 12.7. The molecule has 1 aliphatic rings. The van der Waals surface area contributed by atoms with Crippen LogP contribution in [0.2, 0.25) is 0 Å². The second-order valence-electron chi connectivity index (χ2n) is 6.87. The topological polar surface area (TPSA) is 66.9 Å². The summed E-state index contributed by atoms with van der Waals surface area (Å²) in [6, 6.07) is 5.62. The molecule has 128 valence electrons. The van der Waals surface area contributed by atoms with Crippen LogP contribution in [-0.4, -0.2) is 11.6 Å². The third kappa shape index (κ3) is 4.57. The number of fused-ring (bicyclic) bond motifs is 1. The van der Waals surface area contributed by atoms with Crippen LogP contribution in [0.25, 0.3) is 0 Å². The summed E-state index contributed by atoms with van der Waals surface area (Å²) < 4.78 is 0. The molecule has 0 fully saturated rings. The average Bonchev–Trinajstić information content (AvgIpc) is 2.74. The van der Waals surface area contributed by atoms with Crippen LogP contribution in [0.4, 0.5) is 0 Å². The Morgan fingerprint density at radius 1 is 1.22 bits per heavy atom. The van der Waals surface area contributed by atoms with Crippen molar-refractivity contribution in [2.24, 2.45) is 11.1 Å². The number of nitrogens with one attached hydrogen (secondary N) is 1. The van der Waals surface area contributed by atoms with E-state index in [1.54, 1.807) is 6.07 Å². The van der Waals surface area contributed by atoms with Gasteiger partial charge in [0.05, 0.1) is 0 Å². The number of rotatable bonds is 8. The van der Waals surface area contributed by atoms with Gasteiger partial charge in [-0.15, -0.1) is 12.4 Å². The highest BCUT2D eigenvalue weighted by atomic mass is 35.5. The van der Waals surface area contributed by atoms with Gasteiger partial charge in [0.25, 0.3) is 0 Å². The number of benzene rings is 1. The first-order chi connectivity index (χ1) is 10.5. The van der Waals surface area contributed by atoms with Crippen molar-refractivity contribution in [3.8, 4) is 0 Å². The first kappa shape index (κ1) is 19.7. The van der Waals surface area contributed by atoms with Crippen LogP contribution < -0.4 is 5.73 Å². The predicted octanol–water partition coefficient (Wildman–Crippen LogP) is 4.89. The highest BCUT2D eigenvalue weighted by molar-refractivity contribution is 6.07. The maximum Gasteiger partial charge on any atom is 0.169 e. The molecule has 1 aromatic carbocycles. The minimum absolute atomic E-state index is 0. The van der Waals surface area contributed by atoms with Crippen molar-refractivity contribution < 1.29 is 4.79 Å². The maximum absolute atomic E-state index is 12.7. The van der Waals surface area contributed by atoms with E-state index in [-0.39, 0.29) is 29.4 Å². The number of nitrogen functional groups attached to an aromatic ring is 1. The SMILES string of the molecule is CCCCCCCCC1(C)Cc2ccc(C(=N)N)cc2C1=O.Cl. The molecular weight excluding hydrogens is 308 g/mol. The van der Waals surface area contributed by atoms with Crippen LogP contribution >= 0.6 is 12.4 Å². The lowest BCUT2D eigenvalue weighted by Crippen LogP contribution is -2.24. The summed E-state index contributed by atoms with van der Waals surface area (Å²) in [5, 5.41) is 7.52. The molecule has 0 amide bonds. The second-order valence-corrected chi connectivity index (χ2v) is 6.87. The molecule has 0 aromatic heterocycles. The van der Waals surface area contributed by atoms with Crippen LogP contribution in [-0.2, 0) is 6.42 Å². The Balaban J connectivity index is 0.00000264. The normalized spacial score (nSPS) is 19.3. The molecule has 0 heterocycles. The number of halogens is 1. The molecule has 2 rings (SSSR count). The smallest absolute Gasteiger partial charge is 0.169 e. The van der Waals surface area contributed by atoms with Crippen molar-refractivity contribution >= 4 is 24.0 Å². The Kier molecular flexibility index (Phi) is 7.27. The van der Waals surface area contributed by atoms with Crippen LogP contribution in [0, 0.1) is 10.8 Å². The van der Waals surface area contributed by atoms with Crippen LogP contribution in [0.3, 0.4) is 0 Å². The van der Waals surface area contributed by atoms with E-state index < -0.39 is 0 Å². The fraction of sp³-hybridized carbons (Fsp3) is 0.579. The summed E-state index contributed by atoms with van der Waals surface area (Å²) in [7, 11) is 0. The van der Waals surface area contributed by atoms with Crippen molar-refractivity contribution in [3.05, 3.63) is 34.9 Å². The third-order valence-electron chi connectivity index (χ3n) is 4.88. The fourth-order valence-corrected chi connectivity index (χ4v) is 3.43. The van der Waals surface area contributed by atoms with E-state index in [9.17, 15) is 4.79 Å². The summed E-state index contributed by atoms with van der Waals surface area (Å²) in [5.74, 6) is 0.263. The average molecular weight is 337 g/mol. The van der Waals surface area contributed by atoms with Gasteiger partial charge >= 0.3 is 0 Å². The first-order valence-corrected chi connectivity index (χ1v) is 8.50. The number of carbonyl (C=O) groups excluding carboxylic acids is 1. The molecule has 0 bridgehead atoms. The van der Waals surface area contributed by atoms with E-state index in [1.165, 1.54) is 32.1 Å². The predicted molar refractivity (Wildman–Crippen MR) is 98.8 cm³/mol. The van der Waals surface area contributed by atoms with Crippen LogP contribution in [0.1, 0.15) is 80.3 Å². The van der Waals surface area contributed by atoms with Crippen LogP contribution in [0.5, 0.6) is 0 Å². The van der Waals surface area contributed by atoms with E-state index in [2.05, 4.69) is 13.8 Å². The number of unbranched alkanes of at least 4 members (excludes halogenated alkanes) is 5. The van der Waals surface area contributed by atoms with Gasteiger partial charge in [0.15, 0.2) is 5.78 Å². The Hall–Kier alpha value is -1.35. The van der Waals surface area contributed by atoms with E-state index in [1.807, 2.05) is 12.1 Å². The molecule has 3 N–H and O–H groups in total. The number of hydrogen-bond donors (Lipinski definition) is 2. The quantitative estimate of drug-likeness (QED) is 0.403. The Morgan fingerprint density at radius 3 is 2.52 bits per heavy atom. The summed E-state index contributed by atoms with van der Waals surface area (Å²) in [5.41, 5.74) is 7.81. The lowest BCUT2D eigenvalue weighted by molar-refractivity contribution is 0.0826. The molecule has 1 aromatic rings. The minimum atomic E-state index is -0.261. The zero-order valence-corrected chi connectivity index (χ0v) is 15.1. The molecule has 0 spiro atoms. The molecule has 0 radical (unpaired) electrons. The van der Waals surface area contributed by atoms with Gasteiger partial charge in [-0.2, -0.15) is 0 Å². The van der Waals surface area contributed by atoms with Gasteiger partial charge < -0.3 is 5.73 Å². The number of carbonyl (C=O) groups is 1. The standard InChI is InChI=1S/C19H28N2O.ClH/c1-3-4-5-6-7-8-11-19(2)13-15-10-9-14(18(20)21)12-16(15)17(19)22;/h9-10,12H,3-8,11,13H2,1-2H3,(H3,20,21);1H. The van der Waals surface area contributed by atoms with Gasteiger partial charge in [-0.1, -0.05) is 64.5 Å². The summed E-state index contributed by atoms with van der Waals surface area (Å²) in [6.07, 6.45) is 9.30. The Bertz CT molecular complexity index is 570. The van der Waals surface area contributed by atoms with Gasteiger partial charge in [-0.25, -0.2) is 0 Å². The molecule has 4 heteroatoms. The zero-order chi connectivity index (χ0) is 16.2. The van der Waals surface area contributed by atoms with E-state index in [0.717, 1.165) is 30.4 Å². The Labute approximate surface area is 146 Å². The molecule has 0 saturated heterocycles. The van der Waals surface area contributed by atoms with E-state index >= 15 is 0 Å². The monoisotopic (exact) mass is 336 g/mol. The van der Waals surface area contributed by atoms with Crippen molar-refractivity contribution in [1.29, 1.82) is 5.41 Å². The van der Waals surface area contributed by atoms with Gasteiger partial charge in [0, 0.05) is 16.5 Å². The molecule has 3 nitrogen and oxygen atoms in total. The molecular formula is C19H29ClN2O. The van der Waals surface area contributed by atoms with E-state index in [0.29, 0.717) is 5.56 Å². The molecule has 0 aliphatic heterocycles. The number of Topliss-reactive ketones (excluding diaryl/α,β-unsaturated/α-hetero) is 1. The van der Waals surface area contributed by atoms with Crippen molar-refractivity contribution in [1.82, 2.24) is 0 Å². The van der Waals surface area contributed by atoms with Crippen molar-refractivity contribution in [3.63, 3.8) is 0 Å². The highest BCUT2D eigenvalue weighted by Gasteiger charge is 2.40. The van der Waals surface area contributed by atoms with Gasteiger partial charge in [-0.05, 0) is 24.5 Å². The number of nitrogens with two attached hydrogens (primary N) is 1. The first-order valence-electron chi connectivity index (χ1n) is 8.50. The van der Waals surface area contributed by atoms with Gasteiger partial charge in [0.1, 0.15) is 5.84 Å². The minimum Gasteiger partial charge on any atom is -0.384 e. The molecule has 1 atom stereocenters.